The van der Waals surface area contributed by atoms with Gasteiger partial charge in [0.1, 0.15) is 0 Å². The molecule has 1 aromatic rings. The fraction of sp³-hybridized carbons (Fsp3) is 0.500. The molecule has 0 aromatic carbocycles. The molecule has 0 spiro atoms. The highest BCUT2D eigenvalue weighted by Gasteiger charge is 2.27. The lowest BCUT2D eigenvalue weighted by molar-refractivity contribution is -0.147. The lowest BCUT2D eigenvalue weighted by Gasteiger charge is -2.16. The molecular formula is C18H23NO5. The molecule has 130 valence electrons. The van der Waals surface area contributed by atoms with E-state index in [1.54, 1.807) is 20.8 Å². The van der Waals surface area contributed by atoms with Gasteiger partial charge in [-0.1, -0.05) is 12.2 Å². The van der Waals surface area contributed by atoms with Gasteiger partial charge in [0.2, 0.25) is 5.78 Å². The molecule has 0 unspecified atom stereocenters. The molecule has 1 aliphatic rings. The van der Waals surface area contributed by atoms with Crippen LogP contribution in [0.4, 0.5) is 0 Å². The maximum absolute atomic E-state index is 12.5. The Morgan fingerprint density at radius 1 is 1.12 bits per heavy atom. The first-order valence-electron chi connectivity index (χ1n) is 8.16. The molecule has 0 fully saturated rings. The van der Waals surface area contributed by atoms with E-state index in [4.69, 9.17) is 9.47 Å². The normalized spacial score (nSPS) is 16.7. The van der Waals surface area contributed by atoms with Crippen LogP contribution in [-0.2, 0) is 14.3 Å². The van der Waals surface area contributed by atoms with Crippen LogP contribution in [0, 0.1) is 19.8 Å². The molecule has 6 nitrogen and oxygen atoms in total. The number of hydrogen-bond acceptors (Lipinski definition) is 5. The van der Waals surface area contributed by atoms with E-state index in [-0.39, 0.29) is 36.2 Å². The van der Waals surface area contributed by atoms with E-state index < -0.39 is 11.8 Å². The summed E-state index contributed by atoms with van der Waals surface area (Å²) in [6.45, 7) is 4.96. The van der Waals surface area contributed by atoms with Crippen molar-refractivity contribution in [3.8, 4) is 0 Å². The minimum absolute atomic E-state index is 0.193. The van der Waals surface area contributed by atoms with Crippen molar-refractivity contribution in [3.05, 3.63) is 34.7 Å². The molecule has 0 aliphatic heterocycles. The zero-order valence-corrected chi connectivity index (χ0v) is 14.3. The first kappa shape index (κ1) is 18.0. The Kier molecular flexibility index (Phi) is 5.95. The lowest BCUT2D eigenvalue weighted by atomic mass is 9.95. The summed E-state index contributed by atoms with van der Waals surface area (Å²) in [5.41, 5.74) is 1.59. The molecule has 6 heteroatoms. The van der Waals surface area contributed by atoms with Crippen molar-refractivity contribution < 1.29 is 23.9 Å². The van der Waals surface area contributed by atoms with Gasteiger partial charge in [0.05, 0.1) is 23.7 Å². The molecule has 1 heterocycles. The number of carbonyl (C=O) groups excluding carboxylic acids is 3. The van der Waals surface area contributed by atoms with E-state index >= 15 is 0 Å². The minimum atomic E-state index is -0.550. The Morgan fingerprint density at radius 2 is 1.83 bits per heavy atom. The van der Waals surface area contributed by atoms with Crippen molar-refractivity contribution in [1.82, 2.24) is 4.98 Å². The van der Waals surface area contributed by atoms with Crippen LogP contribution in [0.3, 0.4) is 0 Å². The van der Waals surface area contributed by atoms with Crippen molar-refractivity contribution >= 4 is 17.7 Å². The monoisotopic (exact) mass is 333 g/mol. The summed E-state index contributed by atoms with van der Waals surface area (Å²) in [5.74, 6) is -1.51. The van der Waals surface area contributed by atoms with Crippen molar-refractivity contribution in [2.75, 3.05) is 13.2 Å². The Labute approximate surface area is 141 Å². The first-order chi connectivity index (χ1) is 11.5. The summed E-state index contributed by atoms with van der Waals surface area (Å²) in [4.78, 5) is 39.6. The van der Waals surface area contributed by atoms with Crippen molar-refractivity contribution in [2.24, 2.45) is 5.92 Å². The molecule has 24 heavy (non-hydrogen) atoms. The third-order valence-corrected chi connectivity index (χ3v) is 4.08. The van der Waals surface area contributed by atoms with Gasteiger partial charge in [0, 0.05) is 11.4 Å². The van der Waals surface area contributed by atoms with E-state index in [0.717, 1.165) is 12.8 Å². The van der Waals surface area contributed by atoms with E-state index in [2.05, 4.69) is 4.98 Å². The highest BCUT2D eigenvalue weighted by atomic mass is 16.5. The number of nitrogens with one attached hydrogen (secondary N) is 1. The zero-order valence-electron chi connectivity index (χ0n) is 14.3. The average Bonchev–Trinajstić information content (AvgIpc) is 2.87. The van der Waals surface area contributed by atoms with Gasteiger partial charge in [-0.15, -0.1) is 0 Å². The molecule has 0 saturated carbocycles. The third kappa shape index (κ3) is 3.93. The zero-order chi connectivity index (χ0) is 17.7. The molecule has 1 aliphatic carbocycles. The topological polar surface area (TPSA) is 85.5 Å². The molecule has 0 amide bonds. The van der Waals surface area contributed by atoms with Crippen molar-refractivity contribution in [1.29, 1.82) is 0 Å². The summed E-state index contributed by atoms with van der Waals surface area (Å²) in [5, 5.41) is 0. The third-order valence-electron chi connectivity index (χ3n) is 4.08. The lowest BCUT2D eigenvalue weighted by Crippen LogP contribution is -2.23. The molecule has 0 bridgehead atoms. The van der Waals surface area contributed by atoms with Crippen LogP contribution in [0.25, 0.3) is 0 Å². The Hall–Kier alpha value is -2.37. The van der Waals surface area contributed by atoms with Crippen LogP contribution in [0.2, 0.25) is 0 Å². The highest BCUT2D eigenvalue weighted by molar-refractivity contribution is 6.09. The van der Waals surface area contributed by atoms with Crippen LogP contribution in [0.15, 0.2) is 12.2 Å². The summed E-state index contributed by atoms with van der Waals surface area (Å²) in [7, 11) is 0. The number of carbonyl (C=O) groups is 3. The van der Waals surface area contributed by atoms with E-state index in [1.807, 2.05) is 12.2 Å². The predicted octanol–water partition coefficient (Wildman–Crippen LogP) is 2.89. The number of aryl methyl sites for hydroxylation is 2. The number of allylic oxidation sites excluding steroid dienone is 2. The standard InChI is InChI=1S/C18H23NO5/c1-4-23-18(22)16-12(3)19-11(2)15(16)14(20)10-24-17(21)13-8-6-5-7-9-13/h5-6,13,19H,4,7-10H2,1-3H3/t13-/m0/s1. The van der Waals surface area contributed by atoms with Gasteiger partial charge in [0.25, 0.3) is 0 Å². The van der Waals surface area contributed by atoms with E-state index in [9.17, 15) is 14.4 Å². The van der Waals surface area contributed by atoms with Gasteiger partial charge in [-0.05, 0) is 40.0 Å². The summed E-state index contributed by atoms with van der Waals surface area (Å²) in [6, 6.07) is 0. The smallest absolute Gasteiger partial charge is 0.340 e. The number of hydrogen-bond donors (Lipinski definition) is 1. The quantitative estimate of drug-likeness (QED) is 0.491. The number of esters is 2. The van der Waals surface area contributed by atoms with Gasteiger partial charge in [-0.3, -0.25) is 9.59 Å². The van der Waals surface area contributed by atoms with E-state index in [1.165, 1.54) is 0 Å². The van der Waals surface area contributed by atoms with Crippen LogP contribution in [0.5, 0.6) is 0 Å². The van der Waals surface area contributed by atoms with Crippen LogP contribution >= 0.6 is 0 Å². The van der Waals surface area contributed by atoms with Crippen LogP contribution < -0.4 is 0 Å². The summed E-state index contributed by atoms with van der Waals surface area (Å²) in [6.07, 6.45) is 6.21. The van der Waals surface area contributed by atoms with E-state index in [0.29, 0.717) is 17.8 Å². The van der Waals surface area contributed by atoms with Gasteiger partial charge >= 0.3 is 11.9 Å². The first-order valence-corrected chi connectivity index (χ1v) is 8.16. The maximum atomic E-state index is 12.5. The number of aromatic amines is 1. The van der Waals surface area contributed by atoms with Crippen molar-refractivity contribution in [3.63, 3.8) is 0 Å². The second kappa shape index (κ2) is 7.95. The number of aromatic nitrogens is 1. The Bertz CT molecular complexity index is 671. The number of Topliss-reactive ketones (excluding diaryl/α,β-unsaturated/α-hetero) is 1. The summed E-state index contributed by atoms with van der Waals surface area (Å²) >= 11 is 0. The number of H-pyrrole nitrogens is 1. The SMILES string of the molecule is CCOC(=O)c1c(C)[nH]c(C)c1C(=O)COC(=O)[C@H]1CC=CCC1. The molecule has 2 rings (SSSR count). The largest absolute Gasteiger partial charge is 0.462 e. The maximum Gasteiger partial charge on any atom is 0.340 e. The second-order valence-corrected chi connectivity index (χ2v) is 5.86. The molecule has 1 aromatic heterocycles. The Balaban J connectivity index is 2.08. The Morgan fingerprint density at radius 3 is 2.46 bits per heavy atom. The molecular weight excluding hydrogens is 310 g/mol. The average molecular weight is 333 g/mol. The molecule has 1 N–H and O–H groups in total. The van der Waals surface area contributed by atoms with Gasteiger partial charge in [-0.25, -0.2) is 4.79 Å². The van der Waals surface area contributed by atoms with Gasteiger partial charge in [-0.2, -0.15) is 0 Å². The van der Waals surface area contributed by atoms with Crippen molar-refractivity contribution in [2.45, 2.75) is 40.0 Å². The highest BCUT2D eigenvalue weighted by Crippen LogP contribution is 2.22. The second-order valence-electron chi connectivity index (χ2n) is 5.86. The summed E-state index contributed by atoms with van der Waals surface area (Å²) < 4.78 is 10.2. The van der Waals surface area contributed by atoms with Gasteiger partial charge < -0.3 is 14.5 Å². The van der Waals surface area contributed by atoms with Crippen LogP contribution in [-0.4, -0.2) is 35.9 Å². The predicted molar refractivity (Wildman–Crippen MR) is 88.0 cm³/mol. The fourth-order valence-electron chi connectivity index (χ4n) is 2.92. The fourth-order valence-corrected chi connectivity index (χ4v) is 2.92. The minimum Gasteiger partial charge on any atom is -0.462 e. The van der Waals surface area contributed by atoms with Crippen LogP contribution in [0.1, 0.15) is 58.3 Å². The number of ether oxygens (including phenoxy) is 2. The molecule has 0 radical (unpaired) electrons. The van der Waals surface area contributed by atoms with Gasteiger partial charge in [0.15, 0.2) is 6.61 Å². The molecule has 1 atom stereocenters. The molecule has 0 saturated heterocycles. The number of ketones is 1. The number of rotatable bonds is 6.